The molecule has 3 aromatic carbocycles. The first-order chi connectivity index (χ1) is 15.5. The predicted molar refractivity (Wildman–Crippen MR) is 111 cm³/mol. The normalized spacial score (nSPS) is 11.1. The third kappa shape index (κ3) is 5.44. The lowest BCUT2D eigenvalue weighted by Crippen LogP contribution is -2.30. The molecule has 3 aromatic rings. The molecule has 6 nitrogen and oxygen atoms in total. The maximum absolute atomic E-state index is 14.2. The number of amides is 1. The van der Waals surface area contributed by atoms with Crippen LogP contribution in [0.4, 0.5) is 27.6 Å². The van der Waals surface area contributed by atoms with Crippen molar-refractivity contribution in [1.29, 1.82) is 5.41 Å². The van der Waals surface area contributed by atoms with Crippen LogP contribution in [0.1, 0.15) is 27.0 Å². The summed E-state index contributed by atoms with van der Waals surface area (Å²) in [6.07, 6.45) is -4.72. The minimum Gasteiger partial charge on any atom is -0.456 e. The number of nitrogens with one attached hydrogen (secondary N) is 3. The highest BCUT2D eigenvalue weighted by atomic mass is 19.4. The molecule has 0 aliphatic rings. The van der Waals surface area contributed by atoms with E-state index in [9.17, 15) is 26.7 Å². The summed E-state index contributed by atoms with van der Waals surface area (Å²) in [6.45, 7) is 1.48. The van der Waals surface area contributed by atoms with Crippen molar-refractivity contribution in [2.45, 2.75) is 13.1 Å². The SMILES string of the molecule is Cc1cc(F)ccc1Oc1cc(C(F)(F)F)ccc1C(=O)Nc1cc(C(=N)NN)ccc1F. The van der Waals surface area contributed by atoms with Crippen LogP contribution in [0.2, 0.25) is 0 Å². The summed E-state index contributed by atoms with van der Waals surface area (Å²) < 4.78 is 72.8. The molecule has 0 fully saturated rings. The van der Waals surface area contributed by atoms with Gasteiger partial charge in [0.15, 0.2) is 0 Å². The van der Waals surface area contributed by atoms with Gasteiger partial charge in [-0.25, -0.2) is 14.6 Å². The van der Waals surface area contributed by atoms with E-state index >= 15 is 0 Å². The Hall–Kier alpha value is -3.99. The molecule has 172 valence electrons. The lowest BCUT2D eigenvalue weighted by atomic mass is 10.1. The first-order valence-electron chi connectivity index (χ1n) is 9.31. The molecular formula is C22H17F5N4O2. The number of hydrazine groups is 1. The van der Waals surface area contributed by atoms with Crippen molar-refractivity contribution in [2.24, 2.45) is 5.84 Å². The number of rotatable bonds is 5. The number of anilines is 1. The van der Waals surface area contributed by atoms with Gasteiger partial charge < -0.3 is 15.5 Å². The molecule has 0 saturated carbocycles. The maximum atomic E-state index is 14.2. The summed E-state index contributed by atoms with van der Waals surface area (Å²) in [5, 5.41) is 9.90. The second-order valence-corrected chi connectivity index (χ2v) is 6.89. The first kappa shape index (κ1) is 23.7. The highest BCUT2D eigenvalue weighted by molar-refractivity contribution is 6.07. The number of ether oxygens (including phenoxy) is 1. The number of hydrogen-bond acceptors (Lipinski definition) is 4. The van der Waals surface area contributed by atoms with Crippen LogP contribution in [-0.4, -0.2) is 11.7 Å². The van der Waals surface area contributed by atoms with Crippen LogP contribution in [0.5, 0.6) is 11.5 Å². The Balaban J connectivity index is 2.01. The van der Waals surface area contributed by atoms with Gasteiger partial charge in [0.05, 0.1) is 16.8 Å². The van der Waals surface area contributed by atoms with Crippen molar-refractivity contribution in [3.8, 4) is 11.5 Å². The number of carbonyl (C=O) groups is 1. The van der Waals surface area contributed by atoms with E-state index in [0.29, 0.717) is 12.1 Å². The molecule has 0 aliphatic heterocycles. The zero-order chi connectivity index (χ0) is 24.3. The summed E-state index contributed by atoms with van der Waals surface area (Å²) in [6, 6.07) is 8.93. The molecule has 0 saturated heterocycles. The van der Waals surface area contributed by atoms with Crippen LogP contribution in [0.15, 0.2) is 54.6 Å². The number of amidine groups is 1. The van der Waals surface area contributed by atoms with E-state index in [1.54, 1.807) is 0 Å². The summed E-state index contributed by atoms with van der Waals surface area (Å²) in [5.74, 6) is 2.08. The Morgan fingerprint density at radius 1 is 1.00 bits per heavy atom. The van der Waals surface area contributed by atoms with Gasteiger partial charge in [0.1, 0.15) is 29.0 Å². The summed E-state index contributed by atoms with van der Waals surface area (Å²) >= 11 is 0. The quantitative estimate of drug-likeness (QED) is 0.138. The van der Waals surface area contributed by atoms with Gasteiger partial charge in [-0.3, -0.25) is 10.2 Å². The molecule has 0 radical (unpaired) electrons. The number of carbonyl (C=O) groups excluding carboxylic acids is 1. The Morgan fingerprint density at radius 3 is 2.36 bits per heavy atom. The minimum absolute atomic E-state index is 0.0282. The van der Waals surface area contributed by atoms with Crippen LogP contribution < -0.4 is 21.3 Å². The summed E-state index contributed by atoms with van der Waals surface area (Å²) in [5.41, 5.74) is 0.768. The smallest absolute Gasteiger partial charge is 0.416 e. The number of aryl methyl sites for hydroxylation is 1. The number of alkyl halides is 3. The van der Waals surface area contributed by atoms with Crippen molar-refractivity contribution >= 4 is 17.4 Å². The lowest BCUT2D eigenvalue weighted by Gasteiger charge is -2.16. The van der Waals surface area contributed by atoms with E-state index in [-0.39, 0.29) is 34.0 Å². The Labute approximate surface area is 184 Å². The van der Waals surface area contributed by atoms with Crippen LogP contribution in [0.25, 0.3) is 0 Å². The molecule has 0 spiro atoms. The molecule has 3 rings (SSSR count). The number of benzene rings is 3. The van der Waals surface area contributed by atoms with Crippen molar-refractivity contribution in [3.05, 3.63) is 88.5 Å². The van der Waals surface area contributed by atoms with Crippen LogP contribution in [0, 0.1) is 24.0 Å². The third-order valence-electron chi connectivity index (χ3n) is 4.56. The Bertz CT molecular complexity index is 1230. The van der Waals surface area contributed by atoms with Crippen molar-refractivity contribution in [1.82, 2.24) is 5.43 Å². The second kappa shape index (κ2) is 9.25. The van der Waals surface area contributed by atoms with Gasteiger partial charge in [-0.1, -0.05) is 0 Å². The van der Waals surface area contributed by atoms with Gasteiger partial charge >= 0.3 is 6.18 Å². The molecule has 0 unspecified atom stereocenters. The van der Waals surface area contributed by atoms with E-state index in [0.717, 1.165) is 30.3 Å². The van der Waals surface area contributed by atoms with Crippen molar-refractivity contribution < 1.29 is 31.5 Å². The fourth-order valence-electron chi connectivity index (χ4n) is 2.87. The van der Waals surface area contributed by atoms with Gasteiger partial charge in [0.2, 0.25) is 0 Å². The zero-order valence-corrected chi connectivity index (χ0v) is 17.0. The molecule has 0 aliphatic carbocycles. The first-order valence-corrected chi connectivity index (χ1v) is 9.31. The van der Waals surface area contributed by atoms with Gasteiger partial charge in [-0.05, 0) is 67.1 Å². The third-order valence-corrected chi connectivity index (χ3v) is 4.56. The highest BCUT2D eigenvalue weighted by Gasteiger charge is 2.32. The van der Waals surface area contributed by atoms with E-state index in [2.05, 4.69) is 10.7 Å². The fraction of sp³-hybridized carbons (Fsp3) is 0.0909. The van der Waals surface area contributed by atoms with Gasteiger partial charge in [-0.2, -0.15) is 13.2 Å². The highest BCUT2D eigenvalue weighted by Crippen LogP contribution is 2.36. The maximum Gasteiger partial charge on any atom is 0.416 e. The fourth-order valence-corrected chi connectivity index (χ4v) is 2.87. The van der Waals surface area contributed by atoms with E-state index in [1.165, 1.54) is 19.1 Å². The van der Waals surface area contributed by atoms with Crippen LogP contribution in [-0.2, 0) is 6.18 Å². The van der Waals surface area contributed by atoms with E-state index in [4.69, 9.17) is 16.0 Å². The van der Waals surface area contributed by atoms with Crippen molar-refractivity contribution in [2.75, 3.05) is 5.32 Å². The molecular weight excluding hydrogens is 447 g/mol. The molecule has 5 N–H and O–H groups in total. The summed E-state index contributed by atoms with van der Waals surface area (Å²) in [7, 11) is 0. The number of nitrogens with two attached hydrogens (primary N) is 1. The zero-order valence-electron chi connectivity index (χ0n) is 17.0. The average molecular weight is 464 g/mol. The average Bonchev–Trinajstić information content (AvgIpc) is 2.75. The number of hydrogen-bond donors (Lipinski definition) is 4. The largest absolute Gasteiger partial charge is 0.456 e. The Kier molecular flexibility index (Phi) is 6.63. The van der Waals surface area contributed by atoms with Gasteiger partial charge in [-0.15, -0.1) is 0 Å². The van der Waals surface area contributed by atoms with Crippen LogP contribution in [0.3, 0.4) is 0 Å². The van der Waals surface area contributed by atoms with E-state index < -0.39 is 35.0 Å². The molecule has 0 aromatic heterocycles. The minimum atomic E-state index is -4.72. The van der Waals surface area contributed by atoms with Gasteiger partial charge in [0.25, 0.3) is 5.91 Å². The molecule has 0 heterocycles. The summed E-state index contributed by atoms with van der Waals surface area (Å²) in [4.78, 5) is 12.8. The van der Waals surface area contributed by atoms with E-state index in [1.807, 2.05) is 0 Å². The van der Waals surface area contributed by atoms with Crippen LogP contribution >= 0.6 is 0 Å². The molecule has 1 amide bonds. The second-order valence-electron chi connectivity index (χ2n) is 6.89. The molecule has 0 atom stereocenters. The number of halogens is 5. The van der Waals surface area contributed by atoms with Gasteiger partial charge in [0, 0.05) is 5.56 Å². The topological polar surface area (TPSA) is 100 Å². The van der Waals surface area contributed by atoms with Crippen molar-refractivity contribution in [3.63, 3.8) is 0 Å². The molecule has 0 bridgehead atoms. The lowest BCUT2D eigenvalue weighted by molar-refractivity contribution is -0.137. The molecule has 11 heteroatoms. The molecule has 33 heavy (non-hydrogen) atoms. The predicted octanol–water partition coefficient (Wildman–Crippen LogP) is 5.13. The Morgan fingerprint density at radius 2 is 1.73 bits per heavy atom. The standard InChI is InChI=1S/C22H17F5N4O2/c1-11-8-14(23)4-7-18(11)33-19-10-13(22(25,26)27)3-5-15(19)21(32)30-17-9-12(20(28)31-29)2-6-16(17)24/h2-10H,29H2,1H3,(H2,28,31)(H,30,32). The monoisotopic (exact) mass is 464 g/mol.